The van der Waals surface area contributed by atoms with E-state index >= 15 is 0 Å². The molecule has 0 saturated carbocycles. The number of carboxylic acid groups (broad SMARTS) is 1. The van der Waals surface area contributed by atoms with E-state index in [9.17, 15) is 27.9 Å². The van der Waals surface area contributed by atoms with Gasteiger partial charge in [0.05, 0.1) is 12.0 Å². The first-order valence-corrected chi connectivity index (χ1v) is 10.0. The summed E-state index contributed by atoms with van der Waals surface area (Å²) in [6, 6.07) is 3.53. The maximum atomic E-state index is 14.5. The molecule has 1 aliphatic rings. The van der Waals surface area contributed by atoms with Gasteiger partial charge in [0.25, 0.3) is 5.91 Å². The Bertz CT molecular complexity index is 1290. The minimum Gasteiger partial charge on any atom is -0.465 e. The van der Waals surface area contributed by atoms with Crippen LogP contribution in [0.5, 0.6) is 0 Å². The highest BCUT2D eigenvalue weighted by Crippen LogP contribution is 2.35. The van der Waals surface area contributed by atoms with Gasteiger partial charge in [-0.15, -0.1) is 0 Å². The Morgan fingerprint density at radius 3 is 2.61 bits per heavy atom. The van der Waals surface area contributed by atoms with Crippen LogP contribution in [0.25, 0.3) is 5.65 Å². The molecule has 1 aliphatic carbocycles. The topological polar surface area (TPSA) is 99.3 Å². The minimum atomic E-state index is -1.32. The van der Waals surface area contributed by atoms with Crippen molar-refractivity contribution in [2.75, 3.05) is 14.1 Å². The van der Waals surface area contributed by atoms with Crippen LogP contribution in [-0.4, -0.2) is 57.9 Å². The highest BCUT2D eigenvalue weighted by atomic mass is 19.2. The van der Waals surface area contributed by atoms with E-state index in [4.69, 9.17) is 0 Å². The van der Waals surface area contributed by atoms with Crippen LogP contribution in [0.1, 0.15) is 33.2 Å². The molecule has 4 rings (SSSR count). The molecule has 2 atom stereocenters. The second-order valence-corrected chi connectivity index (χ2v) is 8.02. The first-order chi connectivity index (χ1) is 15.6. The van der Waals surface area contributed by atoms with Crippen molar-refractivity contribution in [3.8, 4) is 0 Å². The van der Waals surface area contributed by atoms with Crippen LogP contribution < -0.4 is 5.32 Å². The smallest absolute Gasteiger partial charge is 0.404 e. The van der Waals surface area contributed by atoms with E-state index in [0.29, 0.717) is 28.7 Å². The van der Waals surface area contributed by atoms with Gasteiger partial charge < -0.3 is 19.7 Å². The Kier molecular flexibility index (Phi) is 5.79. The number of rotatable bonds is 4. The molecular weight excluding hydrogens is 439 g/mol. The molecule has 2 heterocycles. The lowest BCUT2D eigenvalue weighted by molar-refractivity contribution is 0.100. The average Bonchev–Trinajstić information content (AvgIpc) is 3.10. The van der Waals surface area contributed by atoms with E-state index in [0.717, 1.165) is 6.07 Å². The van der Waals surface area contributed by atoms with E-state index in [1.807, 2.05) is 0 Å². The Balaban J connectivity index is 1.75. The van der Waals surface area contributed by atoms with E-state index in [-0.39, 0.29) is 18.4 Å². The number of hydrogen-bond donors (Lipinski definition) is 2. The molecule has 8 nitrogen and oxygen atoms in total. The fourth-order valence-electron chi connectivity index (χ4n) is 4.06. The molecule has 0 bridgehead atoms. The van der Waals surface area contributed by atoms with Crippen LogP contribution in [-0.2, 0) is 12.8 Å². The molecule has 2 amide bonds. The third-order valence-electron chi connectivity index (χ3n) is 5.52. The third-order valence-corrected chi connectivity index (χ3v) is 5.52. The van der Waals surface area contributed by atoms with Gasteiger partial charge in [-0.25, -0.2) is 22.9 Å². The lowest BCUT2D eigenvalue weighted by atomic mass is 9.80. The van der Waals surface area contributed by atoms with Crippen LogP contribution in [0.15, 0.2) is 35.5 Å². The van der Waals surface area contributed by atoms with Crippen LogP contribution >= 0.6 is 0 Å². The number of imidazole rings is 1. The van der Waals surface area contributed by atoms with Gasteiger partial charge >= 0.3 is 6.09 Å². The van der Waals surface area contributed by atoms with Gasteiger partial charge in [-0.05, 0) is 23.8 Å². The summed E-state index contributed by atoms with van der Waals surface area (Å²) in [5, 5.41) is 11.6. The Hall–Kier alpha value is -3.89. The molecule has 33 heavy (non-hydrogen) atoms. The van der Waals surface area contributed by atoms with E-state index in [1.54, 1.807) is 41.7 Å². The number of fused-ring (bicyclic) bond motifs is 3. The maximum absolute atomic E-state index is 14.5. The standard InChI is InChI=1S/C22H20F3N5O3/c1-29(2)10-26-21(31)11-3-4-30-19-9-17(28-22(32)33)13(7-18(19)27-20(30)5-11)12-6-15(24)16(25)8-14(12)23/h3-6,8,10,13,17,28H,7,9H2,1-2H3,(H,32,33)/b26-10+/t13-,17+/m1/s1. The molecular formula is C22H20F3N5O3. The zero-order valence-corrected chi connectivity index (χ0v) is 17.7. The fourth-order valence-corrected chi connectivity index (χ4v) is 4.06. The summed E-state index contributed by atoms with van der Waals surface area (Å²) < 4.78 is 43.5. The fraction of sp³-hybridized carbons (Fsp3) is 0.273. The van der Waals surface area contributed by atoms with Crippen molar-refractivity contribution in [3.63, 3.8) is 0 Å². The normalized spacial score (nSPS) is 17.8. The number of aliphatic imine (C=N–C) groups is 1. The molecule has 1 aromatic carbocycles. The second kappa shape index (κ2) is 8.57. The van der Waals surface area contributed by atoms with Gasteiger partial charge in [0.15, 0.2) is 11.6 Å². The molecule has 0 spiro atoms. The predicted molar refractivity (Wildman–Crippen MR) is 113 cm³/mol. The van der Waals surface area contributed by atoms with Crippen LogP contribution in [0.2, 0.25) is 0 Å². The molecule has 0 fully saturated rings. The lowest BCUT2D eigenvalue weighted by Gasteiger charge is -2.31. The summed E-state index contributed by atoms with van der Waals surface area (Å²) in [4.78, 5) is 33.7. The summed E-state index contributed by atoms with van der Waals surface area (Å²) in [6.45, 7) is 0. The summed E-state index contributed by atoms with van der Waals surface area (Å²) in [7, 11) is 3.47. The maximum Gasteiger partial charge on any atom is 0.404 e. The molecule has 2 N–H and O–H groups in total. The van der Waals surface area contributed by atoms with Crippen LogP contribution in [0.4, 0.5) is 18.0 Å². The second-order valence-electron chi connectivity index (χ2n) is 8.02. The highest BCUT2D eigenvalue weighted by Gasteiger charge is 2.36. The number of halogens is 3. The lowest BCUT2D eigenvalue weighted by Crippen LogP contribution is -2.43. The van der Waals surface area contributed by atoms with Crippen molar-refractivity contribution < 1.29 is 27.9 Å². The molecule has 0 aliphatic heterocycles. The van der Waals surface area contributed by atoms with Gasteiger partial charge in [-0.2, -0.15) is 4.99 Å². The summed E-state index contributed by atoms with van der Waals surface area (Å²) >= 11 is 0. The molecule has 0 unspecified atom stereocenters. The van der Waals surface area contributed by atoms with Crippen molar-refractivity contribution in [1.82, 2.24) is 19.6 Å². The molecule has 2 aromatic heterocycles. The van der Waals surface area contributed by atoms with Crippen molar-refractivity contribution in [2.45, 2.75) is 24.8 Å². The van der Waals surface area contributed by atoms with Gasteiger partial charge in [0, 0.05) is 62.4 Å². The zero-order chi connectivity index (χ0) is 23.9. The molecule has 0 saturated heterocycles. The van der Waals surface area contributed by atoms with Crippen molar-refractivity contribution in [3.05, 3.63) is 70.4 Å². The quantitative estimate of drug-likeness (QED) is 0.355. The number of nitrogens with zero attached hydrogens (tertiary/aromatic N) is 4. The summed E-state index contributed by atoms with van der Waals surface area (Å²) in [6.07, 6.45) is 1.92. The molecule has 3 aromatic rings. The largest absolute Gasteiger partial charge is 0.465 e. The molecule has 172 valence electrons. The molecule has 11 heteroatoms. The van der Waals surface area contributed by atoms with Crippen LogP contribution in [0, 0.1) is 17.5 Å². The van der Waals surface area contributed by atoms with Gasteiger partial charge in [-0.3, -0.25) is 4.79 Å². The number of amides is 2. The number of aromatic nitrogens is 2. The Morgan fingerprint density at radius 2 is 1.91 bits per heavy atom. The number of pyridine rings is 1. The van der Waals surface area contributed by atoms with Gasteiger partial charge in [0.2, 0.25) is 0 Å². The van der Waals surface area contributed by atoms with Crippen LogP contribution in [0.3, 0.4) is 0 Å². The summed E-state index contributed by atoms with van der Waals surface area (Å²) in [5.74, 6) is -4.77. The first kappa shape index (κ1) is 22.3. The van der Waals surface area contributed by atoms with E-state index in [1.165, 1.54) is 6.34 Å². The van der Waals surface area contributed by atoms with Crippen molar-refractivity contribution in [1.29, 1.82) is 0 Å². The Morgan fingerprint density at radius 1 is 1.18 bits per heavy atom. The number of carbonyl (C=O) groups is 2. The SMILES string of the molecule is CN(C)/C=N/C(=O)c1ccn2c3c(nc2c1)C[C@H](c1cc(F)c(F)cc1F)[C@@H](NC(=O)O)C3. The van der Waals surface area contributed by atoms with Crippen molar-refractivity contribution in [2.24, 2.45) is 4.99 Å². The van der Waals surface area contributed by atoms with Gasteiger partial charge in [-0.1, -0.05) is 0 Å². The minimum absolute atomic E-state index is 0.0893. The average molecular weight is 459 g/mol. The number of hydrogen-bond acceptors (Lipinski definition) is 3. The monoisotopic (exact) mass is 459 g/mol. The predicted octanol–water partition coefficient (Wildman–Crippen LogP) is 3.00. The van der Waals surface area contributed by atoms with E-state index in [2.05, 4.69) is 15.3 Å². The third kappa shape index (κ3) is 4.38. The number of carbonyl (C=O) groups excluding carboxylic acids is 1. The van der Waals surface area contributed by atoms with Crippen molar-refractivity contribution >= 4 is 24.0 Å². The van der Waals surface area contributed by atoms with E-state index < -0.39 is 41.4 Å². The summed E-state index contributed by atoms with van der Waals surface area (Å²) in [5.41, 5.74) is 1.84. The molecule has 0 radical (unpaired) electrons. The number of benzene rings is 1. The Labute approximate surface area is 186 Å². The highest BCUT2D eigenvalue weighted by molar-refractivity contribution is 5.99. The zero-order valence-electron chi connectivity index (χ0n) is 17.7. The first-order valence-electron chi connectivity index (χ1n) is 10.0. The van der Waals surface area contributed by atoms with Gasteiger partial charge in [0.1, 0.15) is 11.5 Å². The number of nitrogens with one attached hydrogen (secondary N) is 1.